The average molecular weight is 737 g/mol. The van der Waals surface area contributed by atoms with Crippen LogP contribution in [-0.4, -0.2) is 59.3 Å². The standard InChI is InChI=1S/C45H44N4O6/c1-52-42-21-34-17-18-49(26-36(34)22-43(42)53-2)27-37-23-41(31-15-13-29(28-50)14-16-31)55-45(54-37)35-10-6-9-33(20-35)32-8-5-7-30(19-32)24-47-44(51)40-25-46-38-11-3-4-12-39(38)48-40/h3-16,19-22,25,37,41,45,50H,17-18,23-24,26-28H2,1-2H3,(H,47,51)/t37-,41+,45+/m1/s1. The predicted molar refractivity (Wildman–Crippen MR) is 210 cm³/mol. The molecule has 5 aromatic carbocycles. The van der Waals surface area contributed by atoms with Crippen molar-refractivity contribution in [3.05, 3.63) is 154 Å². The summed E-state index contributed by atoms with van der Waals surface area (Å²) < 4.78 is 24.7. The van der Waals surface area contributed by atoms with Crippen molar-refractivity contribution in [1.29, 1.82) is 0 Å². The fourth-order valence-electron chi connectivity index (χ4n) is 7.48. The highest BCUT2D eigenvalue weighted by Crippen LogP contribution is 2.40. The maximum Gasteiger partial charge on any atom is 0.271 e. The van der Waals surface area contributed by atoms with Crippen LogP contribution < -0.4 is 14.8 Å². The summed E-state index contributed by atoms with van der Waals surface area (Å²) in [5.74, 6) is 1.22. The fourth-order valence-corrected chi connectivity index (χ4v) is 7.48. The lowest BCUT2D eigenvalue weighted by molar-refractivity contribution is -0.253. The molecule has 2 N–H and O–H groups in total. The van der Waals surface area contributed by atoms with Gasteiger partial charge in [0.1, 0.15) is 5.69 Å². The number of nitrogens with zero attached hydrogens (tertiary/aromatic N) is 3. The number of para-hydroxylation sites is 2. The smallest absolute Gasteiger partial charge is 0.271 e. The van der Waals surface area contributed by atoms with Crippen LogP contribution in [-0.2, 0) is 35.6 Å². The number of amides is 1. The Hall–Kier alpha value is -5.65. The van der Waals surface area contributed by atoms with Crippen LogP contribution in [0.15, 0.2) is 115 Å². The Kier molecular flexibility index (Phi) is 10.8. The van der Waals surface area contributed by atoms with Crippen LogP contribution in [0.25, 0.3) is 22.2 Å². The summed E-state index contributed by atoms with van der Waals surface area (Å²) in [6, 6.07) is 36.1. The topological polar surface area (TPSA) is 115 Å². The maximum absolute atomic E-state index is 13.0. The van der Waals surface area contributed by atoms with Crippen molar-refractivity contribution in [3.8, 4) is 22.6 Å². The first-order chi connectivity index (χ1) is 27.0. The Morgan fingerprint density at radius 3 is 2.35 bits per heavy atom. The van der Waals surface area contributed by atoms with Crippen molar-refractivity contribution < 1.29 is 28.8 Å². The number of carbonyl (C=O) groups is 1. The number of aromatic nitrogens is 2. The van der Waals surface area contributed by atoms with E-state index in [-0.39, 0.29) is 30.4 Å². The fraction of sp³-hybridized carbons (Fsp3) is 0.267. The van der Waals surface area contributed by atoms with Gasteiger partial charge in [0.25, 0.3) is 5.91 Å². The number of benzene rings is 5. The summed E-state index contributed by atoms with van der Waals surface area (Å²) in [6.45, 7) is 2.78. The van der Waals surface area contributed by atoms with Crippen LogP contribution in [0, 0.1) is 0 Å². The lowest BCUT2D eigenvalue weighted by Crippen LogP contribution is -2.41. The number of nitrogens with one attached hydrogen (secondary N) is 1. The minimum atomic E-state index is -0.590. The number of ether oxygens (including phenoxy) is 4. The van der Waals surface area contributed by atoms with Gasteiger partial charge < -0.3 is 29.4 Å². The molecule has 10 heteroatoms. The molecule has 0 radical (unpaired) electrons. The monoisotopic (exact) mass is 736 g/mol. The molecule has 3 heterocycles. The minimum Gasteiger partial charge on any atom is -0.493 e. The molecule has 0 bridgehead atoms. The molecule has 0 aliphatic carbocycles. The Morgan fingerprint density at radius 1 is 0.818 bits per heavy atom. The van der Waals surface area contributed by atoms with E-state index < -0.39 is 6.29 Å². The van der Waals surface area contributed by atoms with Gasteiger partial charge in [-0.25, -0.2) is 4.98 Å². The number of aliphatic hydroxyl groups is 1. The van der Waals surface area contributed by atoms with E-state index in [1.165, 1.54) is 17.3 Å². The third-order valence-electron chi connectivity index (χ3n) is 10.4. The van der Waals surface area contributed by atoms with Gasteiger partial charge in [-0.1, -0.05) is 72.8 Å². The second-order valence-electron chi connectivity index (χ2n) is 14.1. The van der Waals surface area contributed by atoms with E-state index in [4.69, 9.17) is 18.9 Å². The Morgan fingerprint density at radius 2 is 1.56 bits per heavy atom. The van der Waals surface area contributed by atoms with Gasteiger partial charge >= 0.3 is 0 Å². The molecule has 0 unspecified atom stereocenters. The highest BCUT2D eigenvalue weighted by molar-refractivity contribution is 5.93. The molecule has 1 amide bonds. The molecule has 8 rings (SSSR count). The van der Waals surface area contributed by atoms with Crippen LogP contribution in [0.1, 0.15) is 62.7 Å². The quantitative estimate of drug-likeness (QED) is 0.141. The van der Waals surface area contributed by atoms with Crippen LogP contribution in [0.5, 0.6) is 11.5 Å². The van der Waals surface area contributed by atoms with E-state index in [9.17, 15) is 9.90 Å². The molecular weight excluding hydrogens is 693 g/mol. The van der Waals surface area contributed by atoms with E-state index in [1.807, 2.05) is 72.8 Å². The highest BCUT2D eigenvalue weighted by Gasteiger charge is 2.34. The van der Waals surface area contributed by atoms with E-state index in [0.29, 0.717) is 18.5 Å². The second-order valence-corrected chi connectivity index (χ2v) is 14.1. The van der Waals surface area contributed by atoms with Crippen molar-refractivity contribution in [2.45, 2.75) is 51.0 Å². The Bertz CT molecular complexity index is 2300. The van der Waals surface area contributed by atoms with Crippen LogP contribution >= 0.6 is 0 Å². The number of aliphatic hydroxyl groups excluding tert-OH is 1. The molecular formula is C45H44N4O6. The molecule has 0 spiro atoms. The number of carbonyl (C=O) groups excluding carboxylic acids is 1. The van der Waals surface area contributed by atoms with Gasteiger partial charge in [-0.2, -0.15) is 0 Å². The third kappa shape index (κ3) is 8.23. The number of fused-ring (bicyclic) bond motifs is 2. The summed E-state index contributed by atoms with van der Waals surface area (Å²) in [4.78, 5) is 24.3. The Balaban J connectivity index is 0.993. The average Bonchev–Trinajstić information content (AvgIpc) is 3.24. The SMILES string of the molecule is COc1cc2c(cc1OC)CN(C[C@H]1C[C@@H](c3ccc(CO)cc3)O[C@@H](c3cccc(-c4cccc(CNC(=O)c5cnc6ccccc6n5)c4)c3)O1)CC2. The zero-order valence-corrected chi connectivity index (χ0v) is 31.0. The molecule has 10 nitrogen and oxygen atoms in total. The lowest BCUT2D eigenvalue weighted by Gasteiger charge is -2.39. The number of methoxy groups -OCH3 is 2. The summed E-state index contributed by atoms with van der Waals surface area (Å²) in [5.41, 5.74) is 10.1. The molecule has 55 heavy (non-hydrogen) atoms. The lowest BCUT2D eigenvalue weighted by atomic mass is 9.96. The highest BCUT2D eigenvalue weighted by atomic mass is 16.7. The molecule has 1 aromatic heterocycles. The number of rotatable bonds is 11. The summed E-state index contributed by atoms with van der Waals surface area (Å²) in [7, 11) is 3.34. The van der Waals surface area contributed by atoms with Crippen molar-refractivity contribution in [2.75, 3.05) is 27.3 Å². The van der Waals surface area contributed by atoms with Crippen LogP contribution in [0.2, 0.25) is 0 Å². The first-order valence-corrected chi connectivity index (χ1v) is 18.6. The zero-order chi connectivity index (χ0) is 37.7. The first kappa shape index (κ1) is 36.3. The number of hydrogen-bond donors (Lipinski definition) is 2. The van der Waals surface area contributed by atoms with Crippen molar-refractivity contribution >= 4 is 16.9 Å². The van der Waals surface area contributed by atoms with Crippen LogP contribution in [0.3, 0.4) is 0 Å². The van der Waals surface area contributed by atoms with Gasteiger partial charge in [-0.3, -0.25) is 14.7 Å². The summed E-state index contributed by atoms with van der Waals surface area (Å²) in [5, 5.41) is 12.7. The Labute approximate surface area is 320 Å². The van der Waals surface area contributed by atoms with Crippen molar-refractivity contribution in [3.63, 3.8) is 0 Å². The van der Waals surface area contributed by atoms with Gasteiger partial charge in [0.2, 0.25) is 0 Å². The predicted octanol–water partition coefficient (Wildman–Crippen LogP) is 7.34. The van der Waals surface area contributed by atoms with Gasteiger partial charge in [0, 0.05) is 38.2 Å². The van der Waals surface area contributed by atoms with Gasteiger partial charge in [0.05, 0.1) is 50.3 Å². The van der Waals surface area contributed by atoms with Gasteiger partial charge in [-0.05, 0) is 81.8 Å². The van der Waals surface area contributed by atoms with E-state index in [0.717, 1.165) is 76.5 Å². The molecule has 1 fully saturated rings. The van der Waals surface area contributed by atoms with E-state index in [2.05, 4.69) is 56.6 Å². The van der Waals surface area contributed by atoms with Crippen molar-refractivity contribution in [2.24, 2.45) is 0 Å². The van der Waals surface area contributed by atoms with Gasteiger partial charge in [-0.15, -0.1) is 0 Å². The number of hydrogen-bond acceptors (Lipinski definition) is 9. The second kappa shape index (κ2) is 16.4. The summed E-state index contributed by atoms with van der Waals surface area (Å²) >= 11 is 0. The molecule has 280 valence electrons. The first-order valence-electron chi connectivity index (χ1n) is 18.6. The molecule has 0 saturated carbocycles. The van der Waals surface area contributed by atoms with E-state index in [1.54, 1.807) is 14.2 Å². The third-order valence-corrected chi connectivity index (χ3v) is 10.4. The van der Waals surface area contributed by atoms with Gasteiger partial charge in [0.15, 0.2) is 17.8 Å². The zero-order valence-electron chi connectivity index (χ0n) is 31.0. The minimum absolute atomic E-state index is 0.00718. The van der Waals surface area contributed by atoms with E-state index >= 15 is 0 Å². The molecule has 2 aliphatic heterocycles. The van der Waals surface area contributed by atoms with Crippen molar-refractivity contribution in [1.82, 2.24) is 20.2 Å². The molecule has 6 aromatic rings. The maximum atomic E-state index is 13.0. The molecule has 3 atom stereocenters. The largest absolute Gasteiger partial charge is 0.493 e. The molecule has 1 saturated heterocycles. The normalized spacial score (nSPS) is 18.4. The van der Waals surface area contributed by atoms with Crippen LogP contribution in [0.4, 0.5) is 0 Å². The summed E-state index contributed by atoms with van der Waals surface area (Å²) in [6.07, 6.45) is 2.24. The molecule has 2 aliphatic rings.